The fourth-order valence-corrected chi connectivity index (χ4v) is 4.99. The Morgan fingerprint density at radius 3 is 2.96 bits per heavy atom. The summed E-state index contributed by atoms with van der Waals surface area (Å²) in [6.07, 6.45) is 2.32. The van der Waals surface area contributed by atoms with E-state index >= 15 is 0 Å². The molecular weight excluding hydrogens is 324 g/mol. The van der Waals surface area contributed by atoms with Crippen molar-refractivity contribution in [1.82, 2.24) is 5.32 Å². The molecular formula is C22H26N2O2. The van der Waals surface area contributed by atoms with Crippen LogP contribution in [0.2, 0.25) is 0 Å². The lowest BCUT2D eigenvalue weighted by Gasteiger charge is -2.29. The number of fused-ring (bicyclic) bond motifs is 3. The highest BCUT2D eigenvalue weighted by Crippen LogP contribution is 2.55. The van der Waals surface area contributed by atoms with Gasteiger partial charge in [0, 0.05) is 41.7 Å². The molecule has 0 amide bonds. The maximum atomic E-state index is 6.05. The Morgan fingerprint density at radius 2 is 2.04 bits per heavy atom. The van der Waals surface area contributed by atoms with Crippen LogP contribution in [0.4, 0.5) is 5.69 Å². The first kappa shape index (κ1) is 16.0. The Morgan fingerprint density at radius 1 is 1.12 bits per heavy atom. The van der Waals surface area contributed by atoms with Gasteiger partial charge in [-0.05, 0) is 44.5 Å². The van der Waals surface area contributed by atoms with Crippen LogP contribution in [-0.2, 0) is 0 Å². The predicted molar refractivity (Wildman–Crippen MR) is 105 cm³/mol. The van der Waals surface area contributed by atoms with E-state index in [2.05, 4.69) is 46.6 Å². The minimum atomic E-state index is 0.586. The topological polar surface area (TPSA) is 33.7 Å². The molecule has 0 radical (unpaired) electrons. The van der Waals surface area contributed by atoms with E-state index in [4.69, 9.17) is 9.47 Å². The first-order valence-electron chi connectivity index (χ1n) is 9.87. The first-order chi connectivity index (χ1) is 12.9. The highest BCUT2D eigenvalue weighted by molar-refractivity contribution is 5.88. The quantitative estimate of drug-likeness (QED) is 0.913. The molecule has 0 aromatic heterocycles. The van der Waals surface area contributed by atoms with Crippen LogP contribution in [0, 0.1) is 0 Å². The van der Waals surface area contributed by atoms with E-state index in [1.54, 1.807) is 0 Å². The molecule has 1 N–H and O–H groups in total. The van der Waals surface area contributed by atoms with Gasteiger partial charge in [0.2, 0.25) is 0 Å². The zero-order valence-corrected chi connectivity index (χ0v) is 15.3. The van der Waals surface area contributed by atoms with Crippen molar-refractivity contribution in [1.29, 1.82) is 0 Å². The molecule has 0 bridgehead atoms. The van der Waals surface area contributed by atoms with Crippen LogP contribution in [0.5, 0.6) is 11.5 Å². The number of rotatable bonds is 3. The van der Waals surface area contributed by atoms with Crippen molar-refractivity contribution < 1.29 is 9.47 Å². The molecule has 2 atom stereocenters. The highest BCUT2D eigenvalue weighted by atomic mass is 16.5. The fraction of sp³-hybridized carbons (Fsp3) is 0.455. The van der Waals surface area contributed by atoms with Crippen LogP contribution >= 0.6 is 0 Å². The van der Waals surface area contributed by atoms with E-state index in [9.17, 15) is 0 Å². The van der Waals surface area contributed by atoms with E-state index in [-0.39, 0.29) is 0 Å². The Balaban J connectivity index is 1.71. The van der Waals surface area contributed by atoms with Crippen LogP contribution in [0.3, 0.4) is 0 Å². The second-order valence-electron chi connectivity index (χ2n) is 7.35. The Bertz CT molecular complexity index is 820. The summed E-state index contributed by atoms with van der Waals surface area (Å²) in [5.41, 5.74) is 5.29. The van der Waals surface area contributed by atoms with Crippen molar-refractivity contribution in [2.45, 2.75) is 31.7 Å². The summed E-state index contributed by atoms with van der Waals surface area (Å²) < 4.78 is 12.0. The first-order valence-corrected chi connectivity index (χ1v) is 9.87. The summed E-state index contributed by atoms with van der Waals surface area (Å²) in [5, 5.41) is 3.58. The maximum absolute atomic E-state index is 6.05. The van der Waals surface area contributed by atoms with Crippen molar-refractivity contribution in [3.8, 4) is 22.6 Å². The number of ether oxygens (including phenoxy) is 2. The molecule has 3 heterocycles. The van der Waals surface area contributed by atoms with E-state index in [1.807, 2.05) is 6.92 Å². The van der Waals surface area contributed by atoms with E-state index < -0.39 is 0 Å². The summed E-state index contributed by atoms with van der Waals surface area (Å²) in [6, 6.07) is 13.4. The summed E-state index contributed by atoms with van der Waals surface area (Å²) >= 11 is 0. The second-order valence-corrected chi connectivity index (χ2v) is 7.35. The van der Waals surface area contributed by atoms with Crippen molar-refractivity contribution in [2.75, 3.05) is 37.7 Å². The van der Waals surface area contributed by atoms with Gasteiger partial charge in [0.05, 0.1) is 18.9 Å². The Labute approximate surface area is 155 Å². The molecule has 1 saturated heterocycles. The fourth-order valence-electron chi connectivity index (χ4n) is 4.99. The summed E-state index contributed by atoms with van der Waals surface area (Å²) in [7, 11) is 0. The normalized spacial score (nSPS) is 23.7. The molecule has 0 saturated carbocycles. The number of nitrogens with zero attached hydrogens (tertiary/aromatic N) is 1. The number of anilines is 1. The van der Waals surface area contributed by atoms with Crippen molar-refractivity contribution in [3.05, 3.63) is 42.0 Å². The third kappa shape index (κ3) is 2.39. The van der Waals surface area contributed by atoms with Gasteiger partial charge in [0.15, 0.2) is 0 Å². The van der Waals surface area contributed by atoms with Crippen LogP contribution in [0.1, 0.15) is 31.2 Å². The molecule has 3 aliphatic rings. The van der Waals surface area contributed by atoms with Crippen LogP contribution in [0.25, 0.3) is 11.1 Å². The predicted octanol–water partition coefficient (Wildman–Crippen LogP) is 3.80. The van der Waals surface area contributed by atoms with E-state index in [0.29, 0.717) is 18.6 Å². The number of para-hydroxylation sites is 1. The van der Waals surface area contributed by atoms with Crippen LogP contribution in [0.15, 0.2) is 36.4 Å². The number of nitrogens with one attached hydrogen (secondary N) is 1. The van der Waals surface area contributed by atoms with Gasteiger partial charge in [-0.15, -0.1) is 0 Å². The maximum Gasteiger partial charge on any atom is 0.127 e. The van der Waals surface area contributed by atoms with Crippen molar-refractivity contribution in [2.24, 2.45) is 0 Å². The molecule has 26 heavy (non-hydrogen) atoms. The second kappa shape index (κ2) is 6.51. The van der Waals surface area contributed by atoms with Gasteiger partial charge >= 0.3 is 0 Å². The van der Waals surface area contributed by atoms with E-state index in [1.165, 1.54) is 28.8 Å². The standard InChI is InChI=1S/C22H26N2O2/c1-2-25-19-6-4-3-5-15(19)16-7-8-20-21-17(10-14-26-20)18-9-11-23-12-13-24(18)22(16)21/h3-8,17-18,23H,2,9-14H2,1H3. The van der Waals surface area contributed by atoms with Gasteiger partial charge in [0.1, 0.15) is 11.5 Å². The number of hydrogen-bond acceptors (Lipinski definition) is 4. The molecule has 2 aromatic carbocycles. The average molecular weight is 350 g/mol. The third-order valence-corrected chi connectivity index (χ3v) is 6.01. The zero-order chi connectivity index (χ0) is 17.5. The van der Waals surface area contributed by atoms with Crippen LogP contribution in [-0.4, -0.2) is 38.9 Å². The molecule has 1 fully saturated rings. The molecule has 5 rings (SSSR count). The molecule has 136 valence electrons. The monoisotopic (exact) mass is 350 g/mol. The molecule has 0 aliphatic carbocycles. The van der Waals surface area contributed by atoms with Gasteiger partial charge in [-0.1, -0.05) is 18.2 Å². The van der Waals surface area contributed by atoms with Crippen molar-refractivity contribution >= 4 is 5.69 Å². The zero-order valence-electron chi connectivity index (χ0n) is 15.3. The smallest absolute Gasteiger partial charge is 0.127 e. The molecule has 4 heteroatoms. The van der Waals surface area contributed by atoms with Crippen LogP contribution < -0.4 is 19.7 Å². The highest BCUT2D eigenvalue weighted by Gasteiger charge is 2.43. The molecule has 2 unspecified atom stereocenters. The third-order valence-electron chi connectivity index (χ3n) is 6.01. The molecule has 3 aliphatic heterocycles. The Hall–Kier alpha value is -2.20. The molecule has 4 nitrogen and oxygen atoms in total. The van der Waals surface area contributed by atoms with E-state index in [0.717, 1.165) is 44.2 Å². The largest absolute Gasteiger partial charge is 0.493 e. The molecule has 0 spiro atoms. The van der Waals surface area contributed by atoms with Gasteiger partial charge in [-0.25, -0.2) is 0 Å². The summed E-state index contributed by atoms with van der Waals surface area (Å²) in [4.78, 5) is 2.65. The number of benzene rings is 2. The van der Waals surface area contributed by atoms with Gasteiger partial charge in [0.25, 0.3) is 0 Å². The summed E-state index contributed by atoms with van der Waals surface area (Å²) in [6.45, 7) is 6.76. The van der Waals surface area contributed by atoms with Gasteiger partial charge < -0.3 is 19.7 Å². The number of hydrogen-bond donors (Lipinski definition) is 1. The Kier molecular flexibility index (Phi) is 4.01. The average Bonchev–Trinajstić information content (AvgIpc) is 2.83. The van der Waals surface area contributed by atoms with Gasteiger partial charge in [-0.2, -0.15) is 0 Å². The SMILES string of the molecule is CCOc1ccccc1-c1ccc2c3c1N1CCNCCC1C3CCO2. The van der Waals surface area contributed by atoms with Crippen molar-refractivity contribution in [3.63, 3.8) is 0 Å². The minimum absolute atomic E-state index is 0.586. The summed E-state index contributed by atoms with van der Waals surface area (Å²) in [5.74, 6) is 2.65. The lowest BCUT2D eigenvalue weighted by molar-refractivity contribution is 0.260. The molecule has 2 aromatic rings. The van der Waals surface area contributed by atoms with Gasteiger partial charge in [-0.3, -0.25) is 0 Å². The lowest BCUT2D eigenvalue weighted by Crippen LogP contribution is -2.35. The minimum Gasteiger partial charge on any atom is -0.493 e. The lowest BCUT2D eigenvalue weighted by atomic mass is 9.87.